The molecule has 122 valence electrons. The normalized spacial score (nSPS) is 12.8. The highest BCUT2D eigenvalue weighted by Crippen LogP contribution is 2.30. The fourth-order valence-electron chi connectivity index (χ4n) is 2.83. The molecule has 1 unspecified atom stereocenters. The molecule has 0 aliphatic heterocycles. The van der Waals surface area contributed by atoms with Crippen molar-refractivity contribution in [3.05, 3.63) is 64.7 Å². The Labute approximate surface area is 140 Å². The molecule has 2 aromatic rings. The summed E-state index contributed by atoms with van der Waals surface area (Å²) >= 11 is 0. The first kappa shape index (κ1) is 17.5. The fourth-order valence-corrected chi connectivity index (χ4v) is 4.06. The lowest BCUT2D eigenvalue weighted by Crippen LogP contribution is -2.38. The van der Waals surface area contributed by atoms with E-state index < -0.39 is 8.07 Å². The quantitative estimate of drug-likeness (QED) is 0.623. The van der Waals surface area contributed by atoms with Crippen molar-refractivity contribution < 1.29 is 9.53 Å². The van der Waals surface area contributed by atoms with Crippen molar-refractivity contribution in [1.82, 2.24) is 0 Å². The molecule has 2 aromatic carbocycles. The van der Waals surface area contributed by atoms with Gasteiger partial charge in [0.2, 0.25) is 0 Å². The number of benzene rings is 2. The van der Waals surface area contributed by atoms with Crippen LogP contribution in [0.3, 0.4) is 0 Å². The number of rotatable bonds is 4. The Morgan fingerprint density at radius 1 is 1.04 bits per heavy atom. The second-order valence-corrected chi connectivity index (χ2v) is 12.2. The molecule has 0 aliphatic rings. The number of aryl methyl sites for hydroxylation is 1. The summed E-state index contributed by atoms with van der Waals surface area (Å²) < 4.78 is 5.11. The predicted molar refractivity (Wildman–Crippen MR) is 99.2 cm³/mol. The van der Waals surface area contributed by atoms with E-state index in [0.717, 1.165) is 11.1 Å². The van der Waals surface area contributed by atoms with Crippen molar-refractivity contribution in [2.45, 2.75) is 39.4 Å². The summed E-state index contributed by atoms with van der Waals surface area (Å²) in [5, 5.41) is 1.38. The van der Waals surface area contributed by atoms with Gasteiger partial charge in [0.25, 0.3) is 0 Å². The van der Waals surface area contributed by atoms with E-state index in [9.17, 15) is 4.79 Å². The lowest BCUT2D eigenvalue weighted by Gasteiger charge is -2.24. The fraction of sp³-hybridized carbons (Fsp3) is 0.350. The summed E-state index contributed by atoms with van der Waals surface area (Å²) in [5.41, 5.74) is 4.46. The van der Waals surface area contributed by atoms with Gasteiger partial charge in [0, 0.05) is 0 Å². The van der Waals surface area contributed by atoms with E-state index in [4.69, 9.17) is 4.74 Å². The molecule has 0 fully saturated rings. The van der Waals surface area contributed by atoms with Gasteiger partial charge in [-0.1, -0.05) is 67.3 Å². The molecule has 2 rings (SSSR count). The third-order valence-corrected chi connectivity index (χ3v) is 6.48. The molecule has 0 heterocycles. The van der Waals surface area contributed by atoms with Crippen molar-refractivity contribution in [3.63, 3.8) is 0 Å². The molecule has 0 spiro atoms. The third kappa shape index (κ3) is 3.73. The molecular formula is C20H26O2Si. The maximum atomic E-state index is 12.5. The van der Waals surface area contributed by atoms with Crippen LogP contribution in [-0.2, 0) is 9.53 Å². The van der Waals surface area contributed by atoms with Gasteiger partial charge < -0.3 is 4.74 Å². The van der Waals surface area contributed by atoms with Crippen LogP contribution < -0.4 is 5.19 Å². The highest BCUT2D eigenvalue weighted by Gasteiger charge is 2.28. The highest BCUT2D eigenvalue weighted by atomic mass is 28.3. The highest BCUT2D eigenvalue weighted by molar-refractivity contribution is 6.88. The first-order valence-electron chi connectivity index (χ1n) is 8.00. The third-order valence-electron chi connectivity index (χ3n) is 4.45. The molecule has 0 saturated carbocycles. The number of methoxy groups -OCH3 is 1. The molecule has 0 radical (unpaired) electrons. The summed E-state index contributed by atoms with van der Waals surface area (Å²) in [5.74, 6) is -0.567. The van der Waals surface area contributed by atoms with Crippen molar-refractivity contribution in [1.29, 1.82) is 0 Å². The topological polar surface area (TPSA) is 26.3 Å². The van der Waals surface area contributed by atoms with Gasteiger partial charge in [0.1, 0.15) is 5.92 Å². The largest absolute Gasteiger partial charge is 0.468 e. The number of hydrogen-bond acceptors (Lipinski definition) is 2. The van der Waals surface area contributed by atoms with Crippen LogP contribution in [-0.4, -0.2) is 21.2 Å². The molecular weight excluding hydrogens is 300 g/mol. The summed E-state index contributed by atoms with van der Waals surface area (Å²) in [6.45, 7) is 11.2. The lowest BCUT2D eigenvalue weighted by molar-refractivity contribution is -0.141. The van der Waals surface area contributed by atoms with E-state index in [0.29, 0.717) is 0 Å². The number of hydrogen-bond donors (Lipinski definition) is 0. The lowest BCUT2D eigenvalue weighted by atomic mass is 9.87. The summed E-state index contributed by atoms with van der Waals surface area (Å²) in [7, 11) is -0.00178. The van der Waals surface area contributed by atoms with Crippen LogP contribution >= 0.6 is 0 Å². The monoisotopic (exact) mass is 326 g/mol. The summed E-state index contributed by atoms with van der Waals surface area (Å²) in [6.07, 6.45) is 0. The average molecular weight is 327 g/mol. The van der Waals surface area contributed by atoms with Crippen LogP contribution in [0.25, 0.3) is 0 Å². The zero-order valence-electron chi connectivity index (χ0n) is 14.9. The Balaban J connectivity index is 2.68. The Bertz CT molecular complexity index is 700. The van der Waals surface area contributed by atoms with Crippen LogP contribution in [0.5, 0.6) is 0 Å². The first-order valence-corrected chi connectivity index (χ1v) is 11.5. The molecule has 3 heteroatoms. The smallest absolute Gasteiger partial charge is 0.317 e. The second kappa shape index (κ2) is 6.71. The first-order chi connectivity index (χ1) is 10.8. The van der Waals surface area contributed by atoms with E-state index >= 15 is 0 Å². The van der Waals surface area contributed by atoms with E-state index in [-0.39, 0.29) is 11.9 Å². The van der Waals surface area contributed by atoms with Crippen molar-refractivity contribution >= 4 is 19.2 Å². The Morgan fingerprint density at radius 2 is 1.65 bits per heavy atom. The van der Waals surface area contributed by atoms with E-state index in [1.807, 2.05) is 30.3 Å². The van der Waals surface area contributed by atoms with Crippen LogP contribution in [0.1, 0.15) is 28.2 Å². The molecule has 2 nitrogen and oxygen atoms in total. The number of esters is 1. The van der Waals surface area contributed by atoms with Gasteiger partial charge in [-0.2, -0.15) is 0 Å². The number of carbonyl (C=O) groups excluding carboxylic acids is 1. The van der Waals surface area contributed by atoms with E-state index in [1.54, 1.807) is 0 Å². The van der Waals surface area contributed by atoms with Crippen LogP contribution in [0.4, 0.5) is 0 Å². The zero-order chi connectivity index (χ0) is 17.2. The number of carbonyl (C=O) groups is 1. The van der Waals surface area contributed by atoms with Gasteiger partial charge in [0.15, 0.2) is 0 Å². The van der Waals surface area contributed by atoms with Gasteiger partial charge >= 0.3 is 5.97 Å². The SMILES string of the molecule is COC(=O)C(c1ccccc1)c1cc([Si](C)(C)C)cc(C)c1C. The van der Waals surface area contributed by atoms with Gasteiger partial charge in [-0.15, -0.1) is 0 Å². The molecule has 0 amide bonds. The van der Waals surface area contributed by atoms with Crippen molar-refractivity contribution in [2.24, 2.45) is 0 Å². The molecule has 0 bridgehead atoms. The van der Waals surface area contributed by atoms with Crippen LogP contribution in [0.2, 0.25) is 19.6 Å². The molecule has 0 aromatic heterocycles. The van der Waals surface area contributed by atoms with Gasteiger partial charge in [-0.25, -0.2) is 0 Å². The minimum atomic E-state index is -1.46. The average Bonchev–Trinajstić information content (AvgIpc) is 2.51. The predicted octanol–water partition coefficient (Wildman–Crippen LogP) is 4.15. The maximum absolute atomic E-state index is 12.5. The summed E-state index contributed by atoms with van der Waals surface area (Å²) in [4.78, 5) is 12.5. The van der Waals surface area contributed by atoms with Crippen molar-refractivity contribution in [2.75, 3.05) is 7.11 Å². The zero-order valence-corrected chi connectivity index (χ0v) is 15.9. The Hall–Kier alpha value is -1.87. The molecule has 0 saturated heterocycles. The number of ether oxygens (including phenoxy) is 1. The Morgan fingerprint density at radius 3 is 2.17 bits per heavy atom. The van der Waals surface area contributed by atoms with E-state index in [1.165, 1.54) is 23.4 Å². The standard InChI is InChI=1S/C20H26O2Si/c1-14-12-17(23(4,5)6)13-18(15(14)2)19(20(21)22-3)16-10-8-7-9-11-16/h7-13,19H,1-6H3. The molecule has 1 atom stereocenters. The minimum absolute atomic E-state index is 0.202. The maximum Gasteiger partial charge on any atom is 0.317 e. The summed E-state index contributed by atoms with van der Waals surface area (Å²) in [6, 6.07) is 14.4. The van der Waals surface area contributed by atoms with Crippen LogP contribution in [0, 0.1) is 13.8 Å². The van der Waals surface area contributed by atoms with Gasteiger partial charge in [-0.3, -0.25) is 4.79 Å². The second-order valence-electron chi connectivity index (χ2n) is 7.12. The van der Waals surface area contributed by atoms with Crippen LogP contribution in [0.15, 0.2) is 42.5 Å². The van der Waals surface area contributed by atoms with Gasteiger partial charge in [0.05, 0.1) is 15.2 Å². The Kier molecular flexibility index (Phi) is 5.10. The molecule has 0 aliphatic carbocycles. The minimum Gasteiger partial charge on any atom is -0.468 e. The van der Waals surface area contributed by atoms with Gasteiger partial charge in [-0.05, 0) is 36.1 Å². The van der Waals surface area contributed by atoms with E-state index in [2.05, 4.69) is 45.6 Å². The molecule has 0 N–H and O–H groups in total. The van der Waals surface area contributed by atoms with Crippen molar-refractivity contribution in [3.8, 4) is 0 Å². The molecule has 23 heavy (non-hydrogen) atoms.